The number of benzene rings is 2. The Morgan fingerprint density at radius 1 is 0.909 bits per heavy atom. The zero-order valence-electron chi connectivity index (χ0n) is 17.1. The van der Waals surface area contributed by atoms with Gasteiger partial charge in [-0.15, -0.1) is 0 Å². The van der Waals surface area contributed by atoms with E-state index < -0.39 is 72.2 Å². The van der Waals surface area contributed by atoms with Crippen LogP contribution in [0, 0.1) is 5.92 Å². The number of phenols is 4. The Bertz CT molecular complexity index is 1050. The fourth-order valence-corrected chi connectivity index (χ4v) is 4.28. The van der Waals surface area contributed by atoms with Crippen molar-refractivity contribution < 1.29 is 55.1 Å². The lowest BCUT2D eigenvalue weighted by Crippen LogP contribution is -2.57. The molecule has 1 heterocycles. The van der Waals surface area contributed by atoms with E-state index >= 15 is 0 Å². The van der Waals surface area contributed by atoms with Crippen molar-refractivity contribution in [2.24, 2.45) is 5.92 Å². The maximum absolute atomic E-state index is 13.4. The molecule has 0 aromatic heterocycles. The second-order valence-corrected chi connectivity index (χ2v) is 8.23. The van der Waals surface area contributed by atoms with Gasteiger partial charge in [0.2, 0.25) is 5.78 Å². The summed E-state index contributed by atoms with van der Waals surface area (Å²) >= 11 is 0. The zero-order chi connectivity index (χ0) is 24.0. The van der Waals surface area contributed by atoms with E-state index in [0.29, 0.717) is 0 Å². The van der Waals surface area contributed by atoms with Gasteiger partial charge in [0.25, 0.3) is 0 Å². The highest BCUT2D eigenvalue weighted by Crippen LogP contribution is 2.44. The first-order valence-electron chi connectivity index (χ1n) is 10.2. The summed E-state index contributed by atoms with van der Waals surface area (Å²) in [6.07, 6.45) is -8.69. The number of ether oxygens (including phenoxy) is 2. The summed E-state index contributed by atoms with van der Waals surface area (Å²) in [7, 11) is 0. The molecule has 1 aliphatic carbocycles. The number of aliphatic hydroxyl groups is 4. The number of carbonyl (C=O) groups excluding carboxylic acids is 1. The molecule has 2 aromatic rings. The first kappa shape index (κ1) is 23.1. The minimum absolute atomic E-state index is 0.0956. The third kappa shape index (κ3) is 4.05. The summed E-state index contributed by atoms with van der Waals surface area (Å²) in [5.41, 5.74) is -0.0802. The van der Waals surface area contributed by atoms with E-state index in [1.807, 2.05) is 0 Å². The molecule has 4 rings (SSSR count). The van der Waals surface area contributed by atoms with Gasteiger partial charge in [0.05, 0.1) is 12.2 Å². The molecular formula is C22H24O11. The van der Waals surface area contributed by atoms with Crippen molar-refractivity contribution in [2.45, 2.75) is 43.0 Å². The molecule has 0 spiro atoms. The number of fused-ring (bicyclic) bond motifs is 1. The van der Waals surface area contributed by atoms with Crippen molar-refractivity contribution in [1.82, 2.24) is 0 Å². The molecule has 1 fully saturated rings. The average molecular weight is 464 g/mol. The summed E-state index contributed by atoms with van der Waals surface area (Å²) in [5, 5.41) is 79.7. The number of carbonyl (C=O) groups is 1. The normalized spacial score (nSPS) is 31.6. The van der Waals surface area contributed by atoms with Crippen LogP contribution in [0.3, 0.4) is 0 Å². The van der Waals surface area contributed by atoms with Crippen LogP contribution in [0.5, 0.6) is 28.7 Å². The molecule has 0 saturated heterocycles. The molecule has 8 N–H and O–H groups in total. The lowest BCUT2D eigenvalue weighted by molar-refractivity contribution is -0.193. The highest BCUT2D eigenvalue weighted by Gasteiger charge is 2.48. The second kappa shape index (κ2) is 8.69. The molecule has 11 heteroatoms. The van der Waals surface area contributed by atoms with Gasteiger partial charge in [0, 0.05) is 24.7 Å². The van der Waals surface area contributed by atoms with Gasteiger partial charge >= 0.3 is 0 Å². The number of hydrogen-bond donors (Lipinski definition) is 8. The van der Waals surface area contributed by atoms with E-state index in [1.165, 1.54) is 12.1 Å². The summed E-state index contributed by atoms with van der Waals surface area (Å²) in [5.74, 6) is -3.59. The second-order valence-electron chi connectivity index (χ2n) is 8.23. The Morgan fingerprint density at radius 2 is 1.64 bits per heavy atom. The molecule has 1 aliphatic heterocycles. The van der Waals surface area contributed by atoms with Crippen molar-refractivity contribution in [3.05, 3.63) is 41.5 Å². The fourth-order valence-electron chi connectivity index (χ4n) is 4.28. The summed E-state index contributed by atoms with van der Waals surface area (Å²) < 4.78 is 11.7. The van der Waals surface area contributed by atoms with Crippen LogP contribution in [0.25, 0.3) is 0 Å². The maximum atomic E-state index is 13.4. The molecule has 0 radical (unpaired) electrons. The van der Waals surface area contributed by atoms with Crippen LogP contribution < -0.4 is 4.74 Å². The van der Waals surface area contributed by atoms with Crippen molar-refractivity contribution in [1.29, 1.82) is 0 Å². The van der Waals surface area contributed by atoms with E-state index in [0.717, 1.165) is 18.2 Å². The lowest BCUT2D eigenvalue weighted by Gasteiger charge is -2.42. The van der Waals surface area contributed by atoms with Gasteiger partial charge in [-0.3, -0.25) is 4.79 Å². The van der Waals surface area contributed by atoms with Crippen molar-refractivity contribution in [3.63, 3.8) is 0 Å². The standard InChI is InChI=1S/C22H24O11/c23-7-9-4-15(18(29)20(31)17(9)28)33-22-19(30)16-13(27)5-10(24)6-14(16)32-21(22)8-1-2-11(25)12(26)3-8/h1-3,5-6,9,15,17-18,20-29,31H,4,7H2. The molecule has 2 aromatic carbocycles. The van der Waals surface area contributed by atoms with Crippen molar-refractivity contribution >= 4 is 5.78 Å². The van der Waals surface area contributed by atoms with Crippen LogP contribution in [-0.4, -0.2) is 83.8 Å². The van der Waals surface area contributed by atoms with E-state index in [9.17, 15) is 45.6 Å². The first-order valence-corrected chi connectivity index (χ1v) is 10.2. The van der Waals surface area contributed by atoms with Crippen molar-refractivity contribution in [3.8, 4) is 28.7 Å². The highest BCUT2D eigenvalue weighted by atomic mass is 16.6. The number of ketones is 1. The van der Waals surface area contributed by atoms with E-state index in [4.69, 9.17) is 9.47 Å². The van der Waals surface area contributed by atoms with Crippen molar-refractivity contribution in [2.75, 3.05) is 6.61 Å². The predicted octanol–water partition coefficient (Wildman–Crippen LogP) is -0.326. The van der Waals surface area contributed by atoms with Gasteiger partial charge in [-0.2, -0.15) is 0 Å². The zero-order valence-corrected chi connectivity index (χ0v) is 17.1. The molecular weight excluding hydrogens is 440 g/mol. The van der Waals surface area contributed by atoms with Crippen LogP contribution >= 0.6 is 0 Å². The van der Waals surface area contributed by atoms with E-state index in [2.05, 4.69) is 0 Å². The van der Waals surface area contributed by atoms with Crippen LogP contribution in [0.4, 0.5) is 0 Å². The Labute approximate surface area is 187 Å². The Morgan fingerprint density at radius 3 is 2.30 bits per heavy atom. The SMILES string of the molecule is O=C1c2c(O)cc(O)cc2OC(c2ccc(O)c(O)c2)C1OC1CC(CO)C(O)C(O)C1O. The third-order valence-corrected chi connectivity index (χ3v) is 6.08. The quantitative estimate of drug-likeness (QED) is 0.276. The molecule has 11 nitrogen and oxygen atoms in total. The average Bonchev–Trinajstić information content (AvgIpc) is 2.76. The molecule has 0 bridgehead atoms. The molecule has 178 valence electrons. The molecule has 2 aliphatic rings. The summed E-state index contributed by atoms with van der Waals surface area (Å²) in [4.78, 5) is 13.4. The van der Waals surface area contributed by atoms with E-state index in [1.54, 1.807) is 0 Å². The fraction of sp³-hybridized carbons (Fsp3) is 0.409. The minimum Gasteiger partial charge on any atom is -0.508 e. The number of rotatable bonds is 4. The highest BCUT2D eigenvalue weighted by molar-refractivity contribution is 6.05. The molecule has 0 amide bonds. The molecule has 7 atom stereocenters. The maximum Gasteiger partial charge on any atom is 0.203 e. The number of Topliss-reactive ketones (excluding diaryl/α,β-unsaturated/α-hetero) is 1. The molecule has 7 unspecified atom stereocenters. The van der Waals surface area contributed by atoms with Crippen LogP contribution in [0.1, 0.15) is 28.4 Å². The first-order chi connectivity index (χ1) is 15.6. The van der Waals surface area contributed by atoms with Crippen LogP contribution in [-0.2, 0) is 4.74 Å². The molecule has 33 heavy (non-hydrogen) atoms. The smallest absolute Gasteiger partial charge is 0.203 e. The Balaban J connectivity index is 1.75. The number of aromatic hydroxyl groups is 4. The predicted molar refractivity (Wildman–Crippen MR) is 109 cm³/mol. The van der Waals surface area contributed by atoms with Gasteiger partial charge in [-0.05, 0) is 24.1 Å². The largest absolute Gasteiger partial charge is 0.508 e. The lowest BCUT2D eigenvalue weighted by atomic mass is 9.81. The number of phenolic OH excluding ortho intramolecular Hbond substituents is 4. The van der Waals surface area contributed by atoms with Gasteiger partial charge < -0.3 is 50.3 Å². The van der Waals surface area contributed by atoms with Crippen LogP contribution in [0.15, 0.2) is 30.3 Å². The monoisotopic (exact) mass is 464 g/mol. The van der Waals surface area contributed by atoms with Gasteiger partial charge in [0.1, 0.15) is 35.0 Å². The Kier molecular flexibility index (Phi) is 6.08. The van der Waals surface area contributed by atoms with E-state index in [-0.39, 0.29) is 29.0 Å². The topological polar surface area (TPSA) is 197 Å². The Hall–Kier alpha value is -3.09. The number of hydrogen-bond acceptors (Lipinski definition) is 11. The van der Waals surface area contributed by atoms with Gasteiger partial charge in [-0.25, -0.2) is 0 Å². The van der Waals surface area contributed by atoms with Gasteiger partial charge in [0.15, 0.2) is 23.7 Å². The van der Waals surface area contributed by atoms with Crippen LogP contribution in [0.2, 0.25) is 0 Å². The van der Waals surface area contributed by atoms with Gasteiger partial charge in [-0.1, -0.05) is 6.07 Å². The molecule has 1 saturated carbocycles. The summed E-state index contributed by atoms with van der Waals surface area (Å²) in [6.45, 7) is -0.502. The summed E-state index contributed by atoms with van der Waals surface area (Å²) in [6, 6.07) is 5.74. The minimum atomic E-state index is -1.64. The number of aliphatic hydroxyl groups excluding tert-OH is 4. The third-order valence-electron chi connectivity index (χ3n) is 6.08.